The van der Waals surface area contributed by atoms with Crippen LogP contribution in [0.2, 0.25) is 0 Å². The van der Waals surface area contributed by atoms with E-state index in [2.05, 4.69) is 26.6 Å². The molecule has 0 saturated carbocycles. The number of benzene rings is 1. The van der Waals surface area contributed by atoms with Gasteiger partial charge in [0.05, 0.1) is 11.7 Å². The molecule has 8 heteroatoms. The third-order valence-corrected chi connectivity index (χ3v) is 4.66. The first-order valence-electron chi connectivity index (χ1n) is 8.61. The lowest BCUT2D eigenvalue weighted by Crippen LogP contribution is -2.38. The van der Waals surface area contributed by atoms with E-state index in [1.54, 1.807) is 20.6 Å². The van der Waals surface area contributed by atoms with Crippen LogP contribution in [0.25, 0.3) is 5.69 Å². The van der Waals surface area contributed by atoms with E-state index >= 15 is 0 Å². The molecule has 1 aliphatic rings. The Labute approximate surface area is 151 Å². The summed E-state index contributed by atoms with van der Waals surface area (Å²) in [6, 6.07) is 7.88. The molecule has 26 heavy (non-hydrogen) atoms. The third kappa shape index (κ3) is 3.11. The predicted molar refractivity (Wildman–Crippen MR) is 96.9 cm³/mol. The number of carbonyl (C=O) groups excluding carboxylic acids is 1. The average molecular weight is 351 g/mol. The highest BCUT2D eigenvalue weighted by Crippen LogP contribution is 2.20. The smallest absolute Gasteiger partial charge is 0.245 e. The van der Waals surface area contributed by atoms with Gasteiger partial charge in [-0.25, -0.2) is 9.67 Å². The van der Waals surface area contributed by atoms with Crippen molar-refractivity contribution in [3.8, 4) is 5.69 Å². The van der Waals surface area contributed by atoms with Gasteiger partial charge in [0.1, 0.15) is 12.7 Å². The van der Waals surface area contributed by atoms with E-state index in [9.17, 15) is 4.79 Å². The second-order valence-corrected chi connectivity index (χ2v) is 6.52. The lowest BCUT2D eigenvalue weighted by atomic mass is 10.1. The van der Waals surface area contributed by atoms with Gasteiger partial charge in [-0.2, -0.15) is 10.2 Å². The number of hydrogen-bond donors (Lipinski definition) is 1. The molecule has 1 amide bonds. The molecule has 134 valence electrons. The van der Waals surface area contributed by atoms with Gasteiger partial charge in [-0.05, 0) is 30.5 Å². The number of rotatable bonds is 5. The van der Waals surface area contributed by atoms with Crippen molar-refractivity contribution < 1.29 is 4.79 Å². The molecular weight excluding hydrogens is 330 g/mol. The Morgan fingerprint density at radius 1 is 1.31 bits per heavy atom. The zero-order valence-electron chi connectivity index (χ0n) is 14.8. The predicted octanol–water partition coefficient (Wildman–Crippen LogP) is 1.20. The van der Waals surface area contributed by atoms with Crippen LogP contribution in [0.15, 0.2) is 43.1 Å². The summed E-state index contributed by atoms with van der Waals surface area (Å²) in [6.07, 6.45) is 5.84. The second-order valence-electron chi connectivity index (χ2n) is 6.52. The summed E-state index contributed by atoms with van der Waals surface area (Å²) in [6.45, 7) is 3.38. The molecule has 0 spiro atoms. The van der Waals surface area contributed by atoms with Crippen LogP contribution < -0.4 is 10.2 Å². The number of aryl methyl sites for hydroxylation is 2. The molecule has 8 nitrogen and oxygen atoms in total. The minimum Gasteiger partial charge on any atom is -0.302 e. The normalized spacial score (nSPS) is 17.2. The van der Waals surface area contributed by atoms with E-state index in [1.165, 1.54) is 6.33 Å². The molecule has 1 atom stereocenters. The Balaban J connectivity index is 1.40. The number of aromatic nitrogens is 5. The number of amides is 1. The van der Waals surface area contributed by atoms with Crippen molar-refractivity contribution in [3.05, 3.63) is 54.2 Å². The van der Waals surface area contributed by atoms with E-state index < -0.39 is 0 Å². The molecular formula is C18H21N7O. The van der Waals surface area contributed by atoms with E-state index in [0.717, 1.165) is 29.1 Å². The Hall–Kier alpha value is -3.00. The summed E-state index contributed by atoms with van der Waals surface area (Å²) in [5.41, 5.74) is 3.25. The molecule has 0 bridgehead atoms. The highest BCUT2D eigenvalue weighted by molar-refractivity contribution is 5.98. The Kier molecular flexibility index (Phi) is 4.26. The maximum absolute atomic E-state index is 12.6. The summed E-state index contributed by atoms with van der Waals surface area (Å²) >= 11 is 0. The number of nitrogens with one attached hydrogen (secondary N) is 1. The van der Waals surface area contributed by atoms with Gasteiger partial charge in [0.25, 0.3) is 0 Å². The fraction of sp³-hybridized carbons (Fsp3) is 0.333. The lowest BCUT2D eigenvalue weighted by molar-refractivity contribution is -0.118. The summed E-state index contributed by atoms with van der Waals surface area (Å²) in [7, 11) is 1.85. The van der Waals surface area contributed by atoms with E-state index in [4.69, 9.17) is 0 Å². The van der Waals surface area contributed by atoms with Gasteiger partial charge in [-0.3, -0.25) is 14.4 Å². The SMILES string of the molecule is Cc1cc(CNC2CCN(c3ccn(C)n3)C2=O)ccc1-n1cncn1. The van der Waals surface area contributed by atoms with Crippen molar-refractivity contribution in [2.45, 2.75) is 25.9 Å². The van der Waals surface area contributed by atoms with Crippen molar-refractivity contribution in [2.24, 2.45) is 7.05 Å². The van der Waals surface area contributed by atoms with Crippen LogP contribution in [-0.4, -0.2) is 43.0 Å². The summed E-state index contributed by atoms with van der Waals surface area (Å²) in [5, 5.41) is 11.9. The third-order valence-electron chi connectivity index (χ3n) is 4.66. The standard InChI is InChI=1S/C18H21N7O/c1-13-9-14(3-4-16(13)25-12-19-11-21-25)10-20-15-5-8-24(18(15)26)17-6-7-23(2)22-17/h3-4,6-7,9,11-12,15,20H,5,8,10H2,1-2H3. The first-order chi connectivity index (χ1) is 12.6. The van der Waals surface area contributed by atoms with Crippen LogP contribution in [-0.2, 0) is 18.4 Å². The molecule has 1 aliphatic heterocycles. The molecule has 0 aliphatic carbocycles. The molecule has 3 aromatic rings. The van der Waals surface area contributed by atoms with Crippen LogP contribution in [0.4, 0.5) is 5.82 Å². The van der Waals surface area contributed by atoms with Crippen LogP contribution in [0.1, 0.15) is 17.5 Å². The van der Waals surface area contributed by atoms with Crippen LogP contribution in [0.3, 0.4) is 0 Å². The van der Waals surface area contributed by atoms with Gasteiger partial charge in [-0.15, -0.1) is 0 Å². The van der Waals surface area contributed by atoms with E-state index in [-0.39, 0.29) is 11.9 Å². The van der Waals surface area contributed by atoms with Crippen LogP contribution in [0.5, 0.6) is 0 Å². The van der Waals surface area contributed by atoms with Gasteiger partial charge >= 0.3 is 0 Å². The van der Waals surface area contributed by atoms with Crippen molar-refractivity contribution in [1.29, 1.82) is 0 Å². The van der Waals surface area contributed by atoms with Gasteiger partial charge in [0.2, 0.25) is 5.91 Å². The number of anilines is 1. The average Bonchev–Trinajstić information content (AvgIpc) is 3.35. The van der Waals surface area contributed by atoms with Crippen molar-refractivity contribution in [3.63, 3.8) is 0 Å². The number of carbonyl (C=O) groups is 1. The van der Waals surface area contributed by atoms with Gasteiger partial charge in [0, 0.05) is 32.4 Å². The van der Waals surface area contributed by atoms with Crippen LogP contribution >= 0.6 is 0 Å². The Bertz CT molecular complexity index is 916. The fourth-order valence-corrected chi connectivity index (χ4v) is 3.30. The van der Waals surface area contributed by atoms with E-state index in [1.807, 2.05) is 38.4 Å². The van der Waals surface area contributed by atoms with E-state index in [0.29, 0.717) is 13.1 Å². The van der Waals surface area contributed by atoms with Crippen LogP contribution in [0, 0.1) is 6.92 Å². The fourth-order valence-electron chi connectivity index (χ4n) is 3.30. The highest BCUT2D eigenvalue weighted by atomic mass is 16.2. The molecule has 1 saturated heterocycles. The monoisotopic (exact) mass is 351 g/mol. The molecule has 1 N–H and O–H groups in total. The Morgan fingerprint density at radius 3 is 2.88 bits per heavy atom. The van der Waals surface area contributed by atoms with Gasteiger partial charge < -0.3 is 5.32 Å². The second kappa shape index (κ2) is 6.72. The first-order valence-corrected chi connectivity index (χ1v) is 8.61. The molecule has 1 unspecified atom stereocenters. The number of nitrogens with zero attached hydrogens (tertiary/aromatic N) is 6. The lowest BCUT2D eigenvalue weighted by Gasteiger charge is -2.15. The molecule has 0 radical (unpaired) electrons. The van der Waals surface area contributed by atoms with Crippen molar-refractivity contribution >= 4 is 11.7 Å². The summed E-state index contributed by atoms with van der Waals surface area (Å²) < 4.78 is 3.46. The largest absolute Gasteiger partial charge is 0.302 e. The number of hydrogen-bond acceptors (Lipinski definition) is 5. The first kappa shape index (κ1) is 16.5. The van der Waals surface area contributed by atoms with Gasteiger partial charge in [-0.1, -0.05) is 12.1 Å². The van der Waals surface area contributed by atoms with Crippen molar-refractivity contribution in [1.82, 2.24) is 29.9 Å². The molecule has 4 rings (SSSR count). The molecule has 1 aromatic carbocycles. The van der Waals surface area contributed by atoms with Gasteiger partial charge in [0.15, 0.2) is 5.82 Å². The summed E-state index contributed by atoms with van der Waals surface area (Å²) in [4.78, 5) is 18.3. The maximum Gasteiger partial charge on any atom is 0.245 e. The minimum absolute atomic E-state index is 0.0830. The topological polar surface area (TPSA) is 80.9 Å². The highest BCUT2D eigenvalue weighted by Gasteiger charge is 2.33. The van der Waals surface area contributed by atoms with Crippen molar-refractivity contribution in [2.75, 3.05) is 11.4 Å². The minimum atomic E-state index is -0.174. The quantitative estimate of drug-likeness (QED) is 0.747. The molecule has 3 heterocycles. The Morgan fingerprint density at radius 2 is 2.19 bits per heavy atom. The maximum atomic E-state index is 12.6. The molecule has 2 aromatic heterocycles. The zero-order chi connectivity index (χ0) is 18.1. The zero-order valence-corrected chi connectivity index (χ0v) is 14.8. The summed E-state index contributed by atoms with van der Waals surface area (Å²) in [5.74, 6) is 0.800. The molecule has 1 fully saturated rings.